The third-order valence-electron chi connectivity index (χ3n) is 5.98. The van der Waals surface area contributed by atoms with Crippen LogP contribution in [-0.2, 0) is 0 Å². The molecule has 0 fully saturated rings. The SMILES string of the molecule is CCCCC(=C(O)[C@@H](O)[C@@H](O)[C@H](O)[C@@H](O)C(O)=C(CCCC)c1ccccc1)c1ccccc1. The van der Waals surface area contributed by atoms with E-state index in [2.05, 4.69) is 0 Å². The molecule has 6 heteroatoms. The van der Waals surface area contributed by atoms with Gasteiger partial charge in [-0.3, -0.25) is 0 Å². The van der Waals surface area contributed by atoms with Crippen LogP contribution >= 0.6 is 0 Å². The van der Waals surface area contributed by atoms with Gasteiger partial charge in [0.25, 0.3) is 0 Å². The van der Waals surface area contributed by atoms with Crippen LogP contribution in [-0.4, -0.2) is 55.1 Å². The molecule has 34 heavy (non-hydrogen) atoms. The zero-order valence-corrected chi connectivity index (χ0v) is 20.0. The lowest BCUT2D eigenvalue weighted by molar-refractivity contribution is -0.100. The topological polar surface area (TPSA) is 121 Å². The van der Waals surface area contributed by atoms with E-state index in [9.17, 15) is 30.6 Å². The number of unbranched alkanes of at least 4 members (excludes halogenated alkanes) is 2. The molecular weight excluding hydrogens is 432 g/mol. The normalized spacial score (nSPS) is 16.8. The van der Waals surface area contributed by atoms with Gasteiger partial charge in [0.1, 0.15) is 35.9 Å². The summed E-state index contributed by atoms with van der Waals surface area (Å²) in [6.07, 6.45) is -3.38. The van der Waals surface area contributed by atoms with Crippen LogP contribution in [0.1, 0.15) is 63.5 Å². The Balaban J connectivity index is 2.34. The van der Waals surface area contributed by atoms with Gasteiger partial charge < -0.3 is 30.6 Å². The maximum Gasteiger partial charge on any atom is 0.139 e. The van der Waals surface area contributed by atoms with Crippen molar-refractivity contribution in [2.24, 2.45) is 0 Å². The minimum Gasteiger partial charge on any atom is -0.509 e. The smallest absolute Gasteiger partial charge is 0.139 e. The van der Waals surface area contributed by atoms with Crippen molar-refractivity contribution in [1.29, 1.82) is 0 Å². The Morgan fingerprint density at radius 2 is 0.912 bits per heavy atom. The van der Waals surface area contributed by atoms with Crippen LogP contribution in [0.5, 0.6) is 0 Å². The molecule has 2 aromatic rings. The lowest BCUT2D eigenvalue weighted by Crippen LogP contribution is -2.46. The highest BCUT2D eigenvalue weighted by molar-refractivity contribution is 5.69. The molecule has 186 valence electrons. The third-order valence-corrected chi connectivity index (χ3v) is 5.98. The van der Waals surface area contributed by atoms with Crippen LogP contribution in [0, 0.1) is 0 Å². The van der Waals surface area contributed by atoms with Gasteiger partial charge in [-0.2, -0.15) is 0 Å². The van der Waals surface area contributed by atoms with E-state index in [4.69, 9.17) is 0 Å². The number of allylic oxidation sites excluding steroid dienone is 2. The molecular formula is C28H38O6. The number of rotatable bonds is 13. The van der Waals surface area contributed by atoms with Gasteiger partial charge in [-0.15, -0.1) is 0 Å². The molecule has 0 amide bonds. The third kappa shape index (κ3) is 7.18. The van der Waals surface area contributed by atoms with Crippen molar-refractivity contribution < 1.29 is 30.6 Å². The molecule has 0 aliphatic carbocycles. The van der Waals surface area contributed by atoms with Crippen molar-refractivity contribution in [3.8, 4) is 0 Å². The summed E-state index contributed by atoms with van der Waals surface area (Å²) in [4.78, 5) is 0. The first kappa shape index (κ1) is 27.6. The molecule has 2 rings (SSSR count). The molecule has 0 saturated heterocycles. The highest BCUT2D eigenvalue weighted by Gasteiger charge is 2.36. The van der Waals surface area contributed by atoms with E-state index in [-0.39, 0.29) is 0 Å². The van der Waals surface area contributed by atoms with Gasteiger partial charge in [-0.25, -0.2) is 0 Å². The van der Waals surface area contributed by atoms with E-state index in [0.717, 1.165) is 25.7 Å². The number of aliphatic hydroxyl groups excluding tert-OH is 6. The van der Waals surface area contributed by atoms with Gasteiger partial charge in [0, 0.05) is 0 Å². The van der Waals surface area contributed by atoms with Gasteiger partial charge in [0.15, 0.2) is 0 Å². The fraction of sp³-hybridized carbons (Fsp3) is 0.429. The van der Waals surface area contributed by atoms with E-state index in [1.807, 2.05) is 26.0 Å². The largest absolute Gasteiger partial charge is 0.509 e. The Labute approximate surface area is 202 Å². The van der Waals surface area contributed by atoms with Gasteiger partial charge in [-0.05, 0) is 48.0 Å². The van der Waals surface area contributed by atoms with Gasteiger partial charge in [-0.1, -0.05) is 87.4 Å². The Kier molecular flexibility index (Phi) is 11.3. The molecule has 0 aliphatic heterocycles. The van der Waals surface area contributed by atoms with Crippen LogP contribution in [0.15, 0.2) is 72.2 Å². The average molecular weight is 471 g/mol. The van der Waals surface area contributed by atoms with Crippen molar-refractivity contribution >= 4 is 11.1 Å². The average Bonchev–Trinajstić information content (AvgIpc) is 2.88. The molecule has 0 unspecified atom stereocenters. The van der Waals surface area contributed by atoms with E-state index in [1.54, 1.807) is 48.5 Å². The summed E-state index contributed by atoms with van der Waals surface area (Å²) in [5.41, 5.74) is 2.32. The first-order chi connectivity index (χ1) is 16.3. The van der Waals surface area contributed by atoms with Crippen LogP contribution < -0.4 is 0 Å². The lowest BCUT2D eigenvalue weighted by Gasteiger charge is -2.28. The maximum atomic E-state index is 10.8. The second-order valence-electron chi connectivity index (χ2n) is 8.54. The highest BCUT2D eigenvalue weighted by atomic mass is 16.4. The molecule has 4 atom stereocenters. The first-order valence-electron chi connectivity index (χ1n) is 12.0. The standard InChI is InChI=1S/C28H38O6/c1-3-5-17-21(19-13-9-7-10-14-19)23(29)25(31)27(33)28(34)26(32)24(30)22(18-6-4-2)20-15-11-8-12-16-20/h7-16,25-34H,3-6,17-18H2,1-2H3/t25-,26+,27-,28-/m1/s1. The first-order valence-corrected chi connectivity index (χ1v) is 12.0. The Hall–Kier alpha value is -2.64. The fourth-order valence-electron chi connectivity index (χ4n) is 3.88. The second kappa shape index (κ2) is 13.9. The summed E-state index contributed by atoms with van der Waals surface area (Å²) >= 11 is 0. The van der Waals surface area contributed by atoms with Crippen molar-refractivity contribution in [3.63, 3.8) is 0 Å². The summed E-state index contributed by atoms with van der Waals surface area (Å²) in [5, 5.41) is 64.3. The number of benzene rings is 2. The molecule has 0 heterocycles. The maximum absolute atomic E-state index is 10.8. The number of aliphatic hydroxyl groups is 6. The predicted molar refractivity (Wildman–Crippen MR) is 135 cm³/mol. The van der Waals surface area contributed by atoms with Crippen LogP contribution in [0.2, 0.25) is 0 Å². The lowest BCUT2D eigenvalue weighted by atomic mass is 9.91. The molecule has 0 saturated carbocycles. The summed E-state index contributed by atoms with van der Waals surface area (Å²) in [5.74, 6) is -0.924. The van der Waals surface area contributed by atoms with Crippen molar-refractivity contribution in [2.45, 2.75) is 76.8 Å². The summed E-state index contributed by atoms with van der Waals surface area (Å²) < 4.78 is 0. The summed E-state index contributed by atoms with van der Waals surface area (Å²) in [6.45, 7) is 4.01. The molecule has 6 N–H and O–H groups in total. The predicted octanol–water partition coefficient (Wildman–Crippen LogP) is 4.75. The monoisotopic (exact) mass is 470 g/mol. The van der Waals surface area contributed by atoms with Crippen molar-refractivity contribution in [3.05, 3.63) is 83.3 Å². The van der Waals surface area contributed by atoms with Gasteiger partial charge in [0.05, 0.1) is 0 Å². The summed E-state index contributed by atoms with van der Waals surface area (Å²) in [7, 11) is 0. The minimum atomic E-state index is -1.93. The fourth-order valence-corrected chi connectivity index (χ4v) is 3.88. The zero-order valence-electron chi connectivity index (χ0n) is 20.0. The molecule has 6 nitrogen and oxygen atoms in total. The van der Waals surface area contributed by atoms with E-state index < -0.39 is 35.9 Å². The second-order valence-corrected chi connectivity index (χ2v) is 8.54. The molecule has 0 spiro atoms. The molecule has 0 aromatic heterocycles. The molecule has 0 aliphatic rings. The van der Waals surface area contributed by atoms with Crippen LogP contribution in [0.4, 0.5) is 0 Å². The molecule has 2 aromatic carbocycles. The van der Waals surface area contributed by atoms with Crippen LogP contribution in [0.25, 0.3) is 11.1 Å². The van der Waals surface area contributed by atoms with E-state index in [0.29, 0.717) is 35.1 Å². The van der Waals surface area contributed by atoms with E-state index >= 15 is 0 Å². The number of hydrogen-bond donors (Lipinski definition) is 6. The number of hydrogen-bond acceptors (Lipinski definition) is 6. The quantitative estimate of drug-likeness (QED) is 0.235. The minimum absolute atomic E-state index is 0.461. The summed E-state index contributed by atoms with van der Waals surface area (Å²) in [6, 6.07) is 18.1. The van der Waals surface area contributed by atoms with Gasteiger partial charge >= 0.3 is 0 Å². The Morgan fingerprint density at radius 3 is 1.21 bits per heavy atom. The molecule has 0 bridgehead atoms. The van der Waals surface area contributed by atoms with Gasteiger partial charge in [0.2, 0.25) is 0 Å². The van der Waals surface area contributed by atoms with Crippen molar-refractivity contribution in [2.75, 3.05) is 0 Å². The zero-order chi connectivity index (χ0) is 25.1. The Bertz CT molecular complexity index is 845. The van der Waals surface area contributed by atoms with Crippen LogP contribution in [0.3, 0.4) is 0 Å². The van der Waals surface area contributed by atoms with Crippen molar-refractivity contribution in [1.82, 2.24) is 0 Å². The van der Waals surface area contributed by atoms with E-state index in [1.165, 1.54) is 0 Å². The highest BCUT2D eigenvalue weighted by Crippen LogP contribution is 2.29. The Morgan fingerprint density at radius 1 is 0.588 bits per heavy atom. The molecule has 0 radical (unpaired) electrons.